The van der Waals surface area contributed by atoms with Gasteiger partial charge in [-0.05, 0) is 30.7 Å². The molecule has 0 aliphatic carbocycles. The third-order valence-electron chi connectivity index (χ3n) is 5.43. The Morgan fingerprint density at radius 1 is 1.10 bits per heavy atom. The first kappa shape index (κ1) is 30.9. The van der Waals surface area contributed by atoms with Gasteiger partial charge in [0.25, 0.3) is 5.56 Å². The number of amidine groups is 1. The molecule has 2 heterocycles. The first-order chi connectivity index (χ1) is 19.0. The molecule has 0 bridgehead atoms. The van der Waals surface area contributed by atoms with Crippen LogP contribution < -0.4 is 22.3 Å². The van der Waals surface area contributed by atoms with Crippen LogP contribution in [-0.2, 0) is 0 Å². The zero-order valence-corrected chi connectivity index (χ0v) is 23.9. The monoisotopic (exact) mass is 549 g/mol. The van der Waals surface area contributed by atoms with Crippen LogP contribution in [0.5, 0.6) is 0 Å². The van der Waals surface area contributed by atoms with Crippen molar-refractivity contribution < 1.29 is 0 Å². The van der Waals surface area contributed by atoms with Crippen molar-refractivity contribution in [3.05, 3.63) is 81.6 Å². The van der Waals surface area contributed by atoms with E-state index in [-0.39, 0.29) is 17.2 Å². The maximum Gasteiger partial charge on any atom is 0.267 e. The zero-order chi connectivity index (χ0) is 28.9. The number of fused-ring (bicyclic) bond motifs is 1. The zero-order valence-electron chi connectivity index (χ0n) is 23.2. The number of nitrogen functional groups attached to an aromatic ring is 1. The van der Waals surface area contributed by atoms with E-state index < -0.39 is 6.04 Å². The van der Waals surface area contributed by atoms with Crippen LogP contribution in [0.15, 0.2) is 69.6 Å². The van der Waals surface area contributed by atoms with E-state index in [4.69, 9.17) is 28.1 Å². The maximum absolute atomic E-state index is 13.7. The molecular weight excluding hydrogens is 514 g/mol. The van der Waals surface area contributed by atoms with Crippen LogP contribution in [0.4, 0.5) is 11.6 Å². The average Bonchev–Trinajstić information content (AvgIpc) is 2.97. The number of benzene rings is 2. The van der Waals surface area contributed by atoms with Crippen LogP contribution in [0.25, 0.3) is 16.6 Å². The molecule has 0 aliphatic heterocycles. The van der Waals surface area contributed by atoms with Crippen molar-refractivity contribution in [3.63, 3.8) is 0 Å². The lowest BCUT2D eigenvalue weighted by atomic mass is 10.1. The van der Waals surface area contributed by atoms with Crippen molar-refractivity contribution in [1.29, 1.82) is 0 Å². The normalized spacial score (nSPS) is 11.8. The molecule has 5 N–H and O–H groups in total. The van der Waals surface area contributed by atoms with Gasteiger partial charge in [-0.2, -0.15) is 0 Å². The van der Waals surface area contributed by atoms with Crippen LogP contribution >= 0.6 is 11.6 Å². The number of nitrogens with zero attached hydrogens (tertiary/aromatic N) is 6. The van der Waals surface area contributed by atoms with E-state index >= 15 is 0 Å². The number of aliphatic imine (C=N–C) groups is 2. The van der Waals surface area contributed by atoms with E-state index in [0.717, 1.165) is 6.34 Å². The Kier molecular flexibility index (Phi) is 12.0. The summed E-state index contributed by atoms with van der Waals surface area (Å²) >= 11 is 6.40. The standard InChI is InChI=1S/C24H24ClN9O.2C2H6/c1-3-16(32-22-19(20(27)30-13-31-22)21(28-2)29-12-26)23-33-17-11-7-10-15(25)18(17)24(35)34(23)14-8-5-4-6-9-14;2*1-2/h4-13,16H,3H2,1-2H3,(H2,26,28,29)(H3,27,30,31,32);2*1-2H3/t16-;;/m0../s1. The van der Waals surface area contributed by atoms with Crippen molar-refractivity contribution in [3.8, 4) is 5.69 Å². The number of hydrogen-bond acceptors (Lipinski definition) is 7. The molecule has 0 spiro atoms. The van der Waals surface area contributed by atoms with Gasteiger partial charge in [-0.3, -0.25) is 14.4 Å². The van der Waals surface area contributed by atoms with E-state index in [1.807, 2.05) is 65.0 Å². The molecule has 0 fully saturated rings. The molecule has 206 valence electrons. The summed E-state index contributed by atoms with van der Waals surface area (Å²) in [6.07, 6.45) is 3.02. The molecule has 4 aromatic rings. The highest BCUT2D eigenvalue weighted by atomic mass is 35.5. The van der Waals surface area contributed by atoms with E-state index in [1.165, 1.54) is 6.33 Å². The molecular formula is C28H36ClN9O. The summed E-state index contributed by atoms with van der Waals surface area (Å²) in [7, 11) is 1.57. The van der Waals surface area contributed by atoms with E-state index in [0.29, 0.717) is 45.2 Å². The van der Waals surface area contributed by atoms with Crippen LogP contribution in [-0.4, -0.2) is 38.7 Å². The molecule has 4 rings (SSSR count). The quantitative estimate of drug-likeness (QED) is 0.215. The Bertz CT molecular complexity index is 1480. The van der Waals surface area contributed by atoms with Gasteiger partial charge in [-0.15, -0.1) is 0 Å². The average molecular weight is 550 g/mol. The molecule has 2 aromatic carbocycles. The molecule has 1 atom stereocenters. The molecule has 0 radical (unpaired) electrons. The number of halogens is 1. The Balaban J connectivity index is 0.00000127. The molecule has 0 amide bonds. The van der Waals surface area contributed by atoms with Crippen LogP contribution in [0.1, 0.15) is 58.5 Å². The molecule has 0 aliphatic rings. The van der Waals surface area contributed by atoms with Gasteiger partial charge in [0, 0.05) is 7.05 Å². The Labute approximate surface area is 233 Å². The van der Waals surface area contributed by atoms with Gasteiger partial charge in [0.05, 0.1) is 34.0 Å². The predicted molar refractivity (Wildman–Crippen MR) is 163 cm³/mol. The van der Waals surface area contributed by atoms with Gasteiger partial charge in [-0.1, -0.05) is 70.5 Å². The number of anilines is 2. The smallest absolute Gasteiger partial charge is 0.267 e. The summed E-state index contributed by atoms with van der Waals surface area (Å²) in [4.78, 5) is 35.3. The minimum absolute atomic E-state index is 0.183. The highest BCUT2D eigenvalue weighted by Crippen LogP contribution is 2.28. The topological polar surface area (TPSA) is 149 Å². The van der Waals surface area contributed by atoms with Crippen molar-refractivity contribution in [2.75, 3.05) is 18.1 Å². The minimum Gasteiger partial charge on any atom is -0.390 e. The van der Waals surface area contributed by atoms with Gasteiger partial charge in [-0.25, -0.2) is 19.9 Å². The summed E-state index contributed by atoms with van der Waals surface area (Å²) in [5, 5.41) is 4.05. The molecule has 0 saturated heterocycles. The molecule has 0 saturated carbocycles. The number of aromatic nitrogens is 4. The van der Waals surface area contributed by atoms with Crippen molar-refractivity contribution >= 4 is 46.3 Å². The highest BCUT2D eigenvalue weighted by Gasteiger charge is 2.24. The SMILES string of the molecule is CC.CC.CC[C@H](Nc1ncnc(N)c1C(N=CN)=NC)c1nc2cccc(Cl)c2c(=O)n1-c1ccccc1. The lowest BCUT2D eigenvalue weighted by Gasteiger charge is -2.23. The molecule has 11 heteroatoms. The van der Waals surface area contributed by atoms with Crippen molar-refractivity contribution in [1.82, 2.24) is 19.5 Å². The number of para-hydroxylation sites is 1. The fourth-order valence-electron chi connectivity index (χ4n) is 3.82. The largest absolute Gasteiger partial charge is 0.390 e. The molecule has 2 aromatic heterocycles. The maximum atomic E-state index is 13.7. The summed E-state index contributed by atoms with van der Waals surface area (Å²) in [5.41, 5.74) is 12.9. The lowest BCUT2D eigenvalue weighted by Crippen LogP contribution is -2.29. The Hall–Kier alpha value is -4.31. The van der Waals surface area contributed by atoms with Crippen molar-refractivity contribution in [2.24, 2.45) is 15.7 Å². The van der Waals surface area contributed by atoms with Crippen LogP contribution in [0, 0.1) is 0 Å². The molecule has 0 unspecified atom stereocenters. The molecule has 39 heavy (non-hydrogen) atoms. The molecule has 10 nitrogen and oxygen atoms in total. The fraction of sp³-hybridized carbons (Fsp3) is 0.286. The van der Waals surface area contributed by atoms with Gasteiger partial charge in [0.2, 0.25) is 0 Å². The van der Waals surface area contributed by atoms with Gasteiger partial charge in [0.15, 0.2) is 5.84 Å². The van der Waals surface area contributed by atoms with Crippen molar-refractivity contribution in [2.45, 2.75) is 47.1 Å². The summed E-state index contributed by atoms with van der Waals surface area (Å²) in [6, 6.07) is 14.0. The third-order valence-corrected chi connectivity index (χ3v) is 5.74. The summed E-state index contributed by atoms with van der Waals surface area (Å²) in [5.74, 6) is 1.32. The lowest BCUT2D eigenvalue weighted by molar-refractivity contribution is 0.658. The summed E-state index contributed by atoms with van der Waals surface area (Å²) < 4.78 is 1.56. The van der Waals surface area contributed by atoms with Gasteiger partial charge < -0.3 is 16.8 Å². The second-order valence-electron chi connectivity index (χ2n) is 7.49. The second kappa shape index (κ2) is 15.2. The first-order valence-electron chi connectivity index (χ1n) is 12.8. The minimum atomic E-state index is -0.445. The van der Waals surface area contributed by atoms with E-state index in [2.05, 4.69) is 25.3 Å². The van der Waals surface area contributed by atoms with E-state index in [1.54, 1.807) is 29.8 Å². The Morgan fingerprint density at radius 3 is 2.41 bits per heavy atom. The number of nitrogens with two attached hydrogens (primary N) is 2. The van der Waals surface area contributed by atoms with Crippen LogP contribution in [0.2, 0.25) is 5.02 Å². The third kappa shape index (κ3) is 6.77. The van der Waals surface area contributed by atoms with Crippen LogP contribution in [0.3, 0.4) is 0 Å². The number of hydrogen-bond donors (Lipinski definition) is 3. The van der Waals surface area contributed by atoms with E-state index in [9.17, 15) is 4.79 Å². The fourth-order valence-corrected chi connectivity index (χ4v) is 4.07. The summed E-state index contributed by atoms with van der Waals surface area (Å²) in [6.45, 7) is 9.97. The number of nitrogens with one attached hydrogen (secondary N) is 1. The highest BCUT2D eigenvalue weighted by molar-refractivity contribution is 6.35. The predicted octanol–water partition coefficient (Wildman–Crippen LogP) is 5.39. The van der Waals surface area contributed by atoms with Gasteiger partial charge >= 0.3 is 0 Å². The second-order valence-corrected chi connectivity index (χ2v) is 7.90. The van der Waals surface area contributed by atoms with Gasteiger partial charge in [0.1, 0.15) is 29.4 Å². The first-order valence-corrected chi connectivity index (χ1v) is 13.2. The Morgan fingerprint density at radius 2 is 1.79 bits per heavy atom. The number of rotatable bonds is 6.